The zero-order chi connectivity index (χ0) is 77.3. The molecular weight excluding hydrogens is 1540 g/mol. The number of esters is 2. The molecule has 4 fully saturated rings. The van der Waals surface area contributed by atoms with Crippen molar-refractivity contribution in [2.45, 2.75) is 153 Å². The first-order chi connectivity index (χ1) is 50.6. The van der Waals surface area contributed by atoms with Crippen LogP contribution in [0.3, 0.4) is 0 Å². The summed E-state index contributed by atoms with van der Waals surface area (Å²) in [7, 11) is 6.66. The largest absolute Gasteiger partial charge is 0.460 e. The number of anilines is 1. The molecule has 4 aliphatic rings. The van der Waals surface area contributed by atoms with Gasteiger partial charge in [-0.3, -0.25) is 34.3 Å². The number of carbonyl (C=O) groups excluding carboxylic acids is 4. The summed E-state index contributed by atoms with van der Waals surface area (Å²) in [6, 6.07) is 3.21. The van der Waals surface area contributed by atoms with Crippen molar-refractivity contribution in [2.75, 3.05) is 87.0 Å². The number of methoxy groups -OCH3 is 4. The number of ketones is 1. The lowest BCUT2D eigenvalue weighted by atomic mass is 9.88. The van der Waals surface area contributed by atoms with Crippen LogP contribution in [0.2, 0.25) is 10.0 Å². The summed E-state index contributed by atoms with van der Waals surface area (Å²) in [5.41, 5.74) is 16.7. The highest BCUT2D eigenvalue weighted by Crippen LogP contribution is 2.38. The molecule has 12 rings (SSSR count). The van der Waals surface area contributed by atoms with E-state index < -0.39 is 11.2 Å². The molecule has 0 radical (unpaired) electrons. The average molecular weight is 1630 g/mol. The molecule has 4 saturated heterocycles. The number of ether oxygens (including phenoxy) is 10. The highest BCUT2D eigenvalue weighted by molar-refractivity contribution is 9.10. The molecular formula is C74H92Br2Cl2N14O14. The van der Waals surface area contributed by atoms with Crippen molar-refractivity contribution in [3.05, 3.63) is 175 Å². The molecule has 0 aromatic carbocycles. The summed E-state index contributed by atoms with van der Waals surface area (Å²) in [6.45, 7) is 25.1. The van der Waals surface area contributed by atoms with E-state index in [9.17, 15) is 19.2 Å². The molecule has 0 aliphatic carbocycles. The maximum Gasteiger partial charge on any atom is 0.310 e. The van der Waals surface area contributed by atoms with Gasteiger partial charge in [0.25, 0.3) is 0 Å². The van der Waals surface area contributed by atoms with Crippen LogP contribution in [0, 0.1) is 0 Å². The molecule has 32 heteroatoms. The lowest BCUT2D eigenvalue weighted by Crippen LogP contribution is -2.28. The Labute approximate surface area is 644 Å². The van der Waals surface area contributed by atoms with Gasteiger partial charge in [-0.2, -0.15) is 25.4 Å². The molecule has 2 N–H and O–H groups in total. The number of hydrogen-bond acceptors (Lipinski definition) is 26. The Morgan fingerprint density at radius 2 is 0.906 bits per heavy atom. The van der Waals surface area contributed by atoms with Crippen molar-refractivity contribution in [1.82, 2.24) is 59.9 Å². The average Bonchev–Trinajstić information content (AvgIpc) is 0.968. The predicted molar refractivity (Wildman–Crippen MR) is 403 cm³/mol. The number of nitrogens with zero attached hydrogens (tertiary/aromatic N) is 13. The normalized spacial score (nSPS) is 15.3. The van der Waals surface area contributed by atoms with Crippen molar-refractivity contribution in [3.63, 3.8) is 0 Å². The van der Waals surface area contributed by atoms with Gasteiger partial charge in [-0.25, -0.2) is 14.8 Å². The first kappa shape index (κ1) is 85.4. The van der Waals surface area contributed by atoms with Gasteiger partial charge in [0.1, 0.15) is 17.0 Å². The van der Waals surface area contributed by atoms with Gasteiger partial charge in [0, 0.05) is 124 Å². The molecule has 4 atom stereocenters. The van der Waals surface area contributed by atoms with Crippen molar-refractivity contribution in [3.8, 4) is 11.6 Å². The second-order valence-corrected chi connectivity index (χ2v) is 29.7. The molecule has 106 heavy (non-hydrogen) atoms. The standard InChI is InChI=1S/C21H22ClN5O3.C17H25NO4.C14H20BrNO3.C11H16N2O2.C8H4ClN5O.C3H5BrO/c1-13(29-2)20-15(9-23-10-18(20)16-11-30-12-16)7-17(28)5-14-6-19(22)21(24-8-14)27-25-3-4-26-27;1-11(20-5)16-12(6-15(19)22-17(2,3)4)7-18-8-14(16)13-9-21-10-13;1-9(18-5)13-10(7-16-8-11(13)15)6-12(17)19-14(2,3)4;1-7(14-2)11-9(8-5-15-6-8)3-13-4-10(11)12;9-7-3-6(11-5-15)4-10-8(7)14-12-1-2-13-14;4-3-1-5-2-3/h3-4,6,8-10,13,16H,5,7,11-12H2,1-2H3;7-8,11,13H,6,9-10H2,1-5H3;7-9H,6H2,1-5H3;3-4,7-8H,5-6,12H2,1-2H3;1-4H;3H,1-2H2. The van der Waals surface area contributed by atoms with E-state index in [1.165, 1.54) is 40.3 Å². The summed E-state index contributed by atoms with van der Waals surface area (Å²) < 4.78 is 53.9. The lowest BCUT2D eigenvalue weighted by Gasteiger charge is -2.30. The zero-order valence-corrected chi connectivity index (χ0v) is 66.6. The van der Waals surface area contributed by atoms with Gasteiger partial charge in [0.05, 0.1) is 154 Å². The van der Waals surface area contributed by atoms with E-state index in [-0.39, 0.29) is 67.8 Å². The van der Waals surface area contributed by atoms with Crippen molar-refractivity contribution < 1.29 is 66.5 Å². The van der Waals surface area contributed by atoms with E-state index in [2.05, 4.69) is 87.2 Å². The minimum Gasteiger partial charge on any atom is -0.460 e. The van der Waals surface area contributed by atoms with Crippen molar-refractivity contribution in [1.29, 1.82) is 0 Å². The third-order valence-electron chi connectivity index (χ3n) is 16.5. The number of rotatable bonds is 22. The minimum absolute atomic E-state index is 0.00333. The van der Waals surface area contributed by atoms with Crippen LogP contribution < -0.4 is 5.73 Å². The Morgan fingerprint density at radius 1 is 0.538 bits per heavy atom. The molecule has 0 amide bonds. The predicted octanol–water partition coefficient (Wildman–Crippen LogP) is 12.7. The Morgan fingerprint density at radius 3 is 1.28 bits per heavy atom. The Bertz CT molecular complexity index is 4190. The van der Waals surface area contributed by atoms with Crippen LogP contribution >= 0.6 is 55.1 Å². The smallest absolute Gasteiger partial charge is 0.310 e. The Hall–Kier alpha value is -7.81. The number of isocyanates is 1. The van der Waals surface area contributed by atoms with E-state index in [1.54, 1.807) is 84.1 Å². The van der Waals surface area contributed by atoms with Crippen LogP contribution in [0.25, 0.3) is 11.6 Å². The van der Waals surface area contributed by atoms with E-state index in [1.807, 2.05) is 87.8 Å². The fraction of sp³-hybridized carbons (Fsp3) is 0.486. The number of aliphatic imine (C=N–C) groups is 1. The number of pyridine rings is 6. The van der Waals surface area contributed by atoms with Gasteiger partial charge in [-0.1, -0.05) is 39.1 Å². The van der Waals surface area contributed by atoms with Crippen LogP contribution in [0.5, 0.6) is 0 Å². The van der Waals surface area contributed by atoms with E-state index >= 15 is 0 Å². The number of carbonyl (C=O) groups is 3. The fourth-order valence-corrected chi connectivity index (χ4v) is 12.5. The van der Waals surface area contributed by atoms with Crippen LogP contribution in [0.15, 0.2) is 108 Å². The molecule has 4 aliphatic heterocycles. The number of Topliss-reactive ketones (excluding diaryl/α,β-unsaturated/α-hetero) is 1. The molecule has 4 unspecified atom stereocenters. The van der Waals surface area contributed by atoms with Crippen molar-refractivity contribution >= 4 is 90.2 Å². The second-order valence-electron chi connectivity index (χ2n) is 26.8. The Balaban J connectivity index is 0.000000186. The summed E-state index contributed by atoms with van der Waals surface area (Å²) in [5.74, 6) is 1.39. The monoisotopic (exact) mass is 1630 g/mol. The highest BCUT2D eigenvalue weighted by Gasteiger charge is 2.31. The van der Waals surface area contributed by atoms with E-state index in [4.69, 9.17) is 76.3 Å². The highest BCUT2D eigenvalue weighted by atomic mass is 79.9. The minimum atomic E-state index is -0.489. The molecule has 12 heterocycles. The van der Waals surface area contributed by atoms with Gasteiger partial charge < -0.3 is 53.1 Å². The summed E-state index contributed by atoms with van der Waals surface area (Å²) in [4.78, 5) is 78.7. The summed E-state index contributed by atoms with van der Waals surface area (Å²) in [6.07, 6.45) is 25.2. The quantitative estimate of drug-likeness (QED) is 0.0285. The SMILES string of the molecule is BrC1COC1.COC(C)c1c(Br)cncc1CC(=O)OC(C)(C)C.COC(C)c1c(CC(=O)Cc2cnc(-n3nccn3)c(Cl)c2)cncc1C1COC1.COC(C)c1c(CC(=O)OC(C)(C)C)cncc1C1COC1.COC(C)c1c(N)cncc1C1COC1.O=C=Nc1cnc(-n2nccn2)c(Cl)c1. The maximum atomic E-state index is 12.8. The molecule has 0 bridgehead atoms. The first-order valence-corrected chi connectivity index (χ1v) is 36.4. The van der Waals surface area contributed by atoms with Gasteiger partial charge in [-0.15, -0.1) is 9.59 Å². The van der Waals surface area contributed by atoms with Crippen molar-refractivity contribution in [2.24, 2.45) is 4.99 Å². The lowest BCUT2D eigenvalue weighted by molar-refractivity contribution is -0.155. The van der Waals surface area contributed by atoms with Crippen LogP contribution in [-0.2, 0) is 92.2 Å². The fourth-order valence-electron chi connectivity index (χ4n) is 10.9. The third-order valence-corrected chi connectivity index (χ3v) is 18.2. The number of nitrogens with two attached hydrogens (primary N) is 1. The van der Waals surface area contributed by atoms with Crippen LogP contribution in [0.4, 0.5) is 11.4 Å². The van der Waals surface area contributed by atoms with Gasteiger partial charge in [0.2, 0.25) is 6.08 Å². The van der Waals surface area contributed by atoms with Crippen LogP contribution in [-0.4, -0.2) is 181 Å². The second kappa shape index (κ2) is 41.5. The molecule has 28 nitrogen and oxygen atoms in total. The topological polar surface area (TPSA) is 338 Å². The third kappa shape index (κ3) is 25.4. The first-order valence-electron chi connectivity index (χ1n) is 34.0. The number of alkyl halides is 1. The number of nitrogen functional groups attached to an aromatic ring is 1. The van der Waals surface area contributed by atoms with Gasteiger partial charge >= 0.3 is 11.9 Å². The number of halogens is 4. The van der Waals surface area contributed by atoms with Crippen LogP contribution in [0.1, 0.15) is 173 Å². The number of aromatic nitrogens is 12. The van der Waals surface area contributed by atoms with Gasteiger partial charge in [-0.05, 0) is 147 Å². The molecule has 0 spiro atoms. The van der Waals surface area contributed by atoms with E-state index in [0.717, 1.165) is 92.1 Å². The van der Waals surface area contributed by atoms with Gasteiger partial charge in [0.15, 0.2) is 11.6 Å². The number of hydrogen-bond donors (Lipinski definition) is 1. The molecule has 0 saturated carbocycles. The Kier molecular flexibility index (Phi) is 33.5. The summed E-state index contributed by atoms with van der Waals surface area (Å²) >= 11 is 19.0. The zero-order valence-electron chi connectivity index (χ0n) is 62.0. The molecule has 570 valence electrons. The van der Waals surface area contributed by atoms with E-state index in [0.29, 0.717) is 82.1 Å². The molecule has 8 aromatic rings. The maximum absolute atomic E-state index is 12.8. The summed E-state index contributed by atoms with van der Waals surface area (Å²) in [5, 5.41) is 16.5. The molecule has 8 aromatic heterocycles.